The molecule has 4 aromatic rings. The van der Waals surface area contributed by atoms with Gasteiger partial charge in [-0.25, -0.2) is 4.98 Å². The van der Waals surface area contributed by atoms with Gasteiger partial charge >= 0.3 is 0 Å². The summed E-state index contributed by atoms with van der Waals surface area (Å²) in [5.74, 6) is 0.721. The number of amides is 1. The van der Waals surface area contributed by atoms with E-state index >= 15 is 0 Å². The first-order valence-corrected chi connectivity index (χ1v) is 13.5. The lowest BCUT2D eigenvalue weighted by atomic mass is 10.1. The van der Waals surface area contributed by atoms with Gasteiger partial charge in [-0.3, -0.25) is 14.2 Å². The maximum absolute atomic E-state index is 13.8. The van der Waals surface area contributed by atoms with Crippen molar-refractivity contribution in [3.63, 3.8) is 0 Å². The number of aryl methyl sites for hydroxylation is 3. The Balaban J connectivity index is 1.71. The molecule has 0 saturated heterocycles. The van der Waals surface area contributed by atoms with Crippen LogP contribution in [-0.4, -0.2) is 27.8 Å². The maximum Gasteiger partial charge on any atom is 0.267 e. The van der Waals surface area contributed by atoms with E-state index in [4.69, 9.17) is 9.72 Å². The molecule has 0 aliphatic carbocycles. The Hall–Kier alpha value is -3.10. The summed E-state index contributed by atoms with van der Waals surface area (Å²) in [4.78, 5) is 33.2. The topological polar surface area (TPSA) is 73.2 Å². The minimum absolute atomic E-state index is 0.114. The van der Waals surface area contributed by atoms with E-state index in [1.165, 1.54) is 16.6 Å². The number of thiophene rings is 1. The minimum atomic E-state index is -0.151. The van der Waals surface area contributed by atoms with Crippen molar-refractivity contribution in [2.75, 3.05) is 17.7 Å². The molecule has 6 nitrogen and oxygen atoms in total. The molecular weight excluding hydrogens is 478 g/mol. The first-order valence-electron chi connectivity index (χ1n) is 11.7. The highest BCUT2D eigenvalue weighted by Gasteiger charge is 2.20. The summed E-state index contributed by atoms with van der Waals surface area (Å²) in [6, 6.07) is 15.1. The van der Waals surface area contributed by atoms with Crippen LogP contribution in [-0.2, 0) is 11.2 Å². The van der Waals surface area contributed by atoms with Crippen molar-refractivity contribution in [3.8, 4) is 11.4 Å². The summed E-state index contributed by atoms with van der Waals surface area (Å²) in [5.41, 5.74) is 3.40. The summed E-state index contributed by atoms with van der Waals surface area (Å²) < 4.78 is 7.17. The van der Waals surface area contributed by atoms with Gasteiger partial charge in [-0.1, -0.05) is 37.2 Å². The van der Waals surface area contributed by atoms with Crippen LogP contribution in [0, 0.1) is 13.8 Å². The predicted molar refractivity (Wildman–Crippen MR) is 146 cm³/mol. The van der Waals surface area contributed by atoms with Gasteiger partial charge in [-0.2, -0.15) is 0 Å². The van der Waals surface area contributed by atoms with Gasteiger partial charge in [0.2, 0.25) is 5.91 Å². The van der Waals surface area contributed by atoms with Gasteiger partial charge in [0.15, 0.2) is 5.16 Å². The van der Waals surface area contributed by atoms with Crippen LogP contribution >= 0.6 is 23.1 Å². The van der Waals surface area contributed by atoms with Crippen LogP contribution in [0.5, 0.6) is 5.75 Å². The van der Waals surface area contributed by atoms with E-state index in [0.29, 0.717) is 22.8 Å². The first-order chi connectivity index (χ1) is 16.9. The number of hydrogen-bond acceptors (Lipinski definition) is 6. The van der Waals surface area contributed by atoms with Gasteiger partial charge in [0.1, 0.15) is 10.6 Å². The molecule has 0 fully saturated rings. The number of nitrogens with zero attached hydrogens (tertiary/aromatic N) is 2. The standard InChI is InChI=1S/C27H29N3O3S2/c1-5-8-22-18(4)24-25(35-22)29-27(34-16-23(31)28-19-10-7-9-17(3)15-19)30(26(24)32)20-11-13-21(14-12-20)33-6-2/h7,9-15H,5-6,8,16H2,1-4H3,(H,28,31). The Morgan fingerprint density at radius 3 is 2.60 bits per heavy atom. The van der Waals surface area contributed by atoms with Crippen LogP contribution in [0.25, 0.3) is 15.9 Å². The third-order valence-corrected chi connectivity index (χ3v) is 7.73. The lowest BCUT2D eigenvalue weighted by Crippen LogP contribution is -2.23. The number of ether oxygens (including phenoxy) is 1. The van der Waals surface area contributed by atoms with E-state index in [-0.39, 0.29) is 17.2 Å². The number of carbonyl (C=O) groups excluding carboxylic acids is 1. The molecule has 2 heterocycles. The zero-order chi connectivity index (χ0) is 24.9. The molecule has 0 unspecified atom stereocenters. The molecule has 0 atom stereocenters. The van der Waals surface area contributed by atoms with Crippen molar-refractivity contribution in [3.05, 3.63) is 74.9 Å². The SMILES string of the molecule is CCCc1sc2nc(SCC(=O)Nc3cccc(C)c3)n(-c3ccc(OCC)cc3)c(=O)c2c1C. The molecule has 35 heavy (non-hydrogen) atoms. The van der Waals surface area contributed by atoms with Crippen molar-refractivity contribution in [2.45, 2.75) is 45.7 Å². The smallest absolute Gasteiger partial charge is 0.267 e. The zero-order valence-electron chi connectivity index (χ0n) is 20.4. The van der Waals surface area contributed by atoms with Gasteiger partial charge in [-0.15, -0.1) is 11.3 Å². The normalized spacial score (nSPS) is 11.1. The van der Waals surface area contributed by atoms with Crippen LogP contribution in [0.3, 0.4) is 0 Å². The van der Waals surface area contributed by atoms with Gasteiger partial charge in [0.05, 0.1) is 23.4 Å². The number of nitrogens with one attached hydrogen (secondary N) is 1. The molecule has 1 amide bonds. The van der Waals surface area contributed by atoms with Crippen LogP contribution in [0.2, 0.25) is 0 Å². The van der Waals surface area contributed by atoms with Gasteiger partial charge < -0.3 is 10.1 Å². The fourth-order valence-corrected chi connectivity index (χ4v) is 6.04. The van der Waals surface area contributed by atoms with Crippen LogP contribution < -0.4 is 15.6 Å². The highest BCUT2D eigenvalue weighted by atomic mass is 32.2. The predicted octanol–water partition coefficient (Wildman–Crippen LogP) is 6.15. The lowest BCUT2D eigenvalue weighted by Gasteiger charge is -2.13. The molecule has 8 heteroatoms. The Labute approximate surface area is 213 Å². The highest BCUT2D eigenvalue weighted by Crippen LogP contribution is 2.31. The monoisotopic (exact) mass is 507 g/mol. The number of aromatic nitrogens is 2. The highest BCUT2D eigenvalue weighted by molar-refractivity contribution is 7.99. The van der Waals surface area contributed by atoms with Crippen LogP contribution in [0.1, 0.15) is 36.3 Å². The van der Waals surface area contributed by atoms with E-state index in [9.17, 15) is 9.59 Å². The number of hydrogen-bond donors (Lipinski definition) is 1. The van der Waals surface area contributed by atoms with Gasteiger partial charge in [-0.05, 0) is 74.7 Å². The molecule has 1 N–H and O–H groups in total. The van der Waals surface area contributed by atoms with Gasteiger partial charge in [0, 0.05) is 10.6 Å². The second-order valence-electron chi connectivity index (χ2n) is 8.25. The number of anilines is 1. The molecule has 0 radical (unpaired) electrons. The minimum Gasteiger partial charge on any atom is -0.494 e. The molecule has 2 aromatic carbocycles. The molecule has 0 bridgehead atoms. The summed E-state index contributed by atoms with van der Waals surface area (Å²) in [6.07, 6.45) is 1.91. The Morgan fingerprint density at radius 2 is 1.91 bits per heavy atom. The molecule has 0 saturated carbocycles. The van der Waals surface area contributed by atoms with E-state index < -0.39 is 0 Å². The molecule has 0 spiro atoms. The molecule has 0 aliphatic rings. The van der Waals surface area contributed by atoms with Crippen molar-refractivity contribution in [2.24, 2.45) is 0 Å². The molecule has 0 aliphatic heterocycles. The average molecular weight is 508 g/mol. The number of fused-ring (bicyclic) bond motifs is 1. The lowest BCUT2D eigenvalue weighted by molar-refractivity contribution is -0.113. The van der Waals surface area contributed by atoms with E-state index in [1.807, 2.05) is 69.3 Å². The fourth-order valence-electron chi connectivity index (χ4n) is 3.91. The molecule has 182 valence electrons. The van der Waals surface area contributed by atoms with E-state index in [2.05, 4.69) is 12.2 Å². The van der Waals surface area contributed by atoms with Crippen molar-refractivity contribution in [1.82, 2.24) is 9.55 Å². The number of carbonyl (C=O) groups is 1. The summed E-state index contributed by atoms with van der Waals surface area (Å²) in [7, 11) is 0. The largest absolute Gasteiger partial charge is 0.494 e. The van der Waals surface area contributed by atoms with Crippen molar-refractivity contribution >= 4 is 44.9 Å². The summed E-state index contributed by atoms with van der Waals surface area (Å²) in [6.45, 7) is 8.61. The Bertz CT molecular complexity index is 1410. The summed E-state index contributed by atoms with van der Waals surface area (Å²) >= 11 is 2.83. The van der Waals surface area contributed by atoms with Crippen LogP contribution in [0.15, 0.2) is 58.5 Å². The number of benzene rings is 2. The van der Waals surface area contributed by atoms with Gasteiger partial charge in [0.25, 0.3) is 5.56 Å². The maximum atomic E-state index is 13.8. The first kappa shape index (κ1) is 25.0. The number of thioether (sulfide) groups is 1. The average Bonchev–Trinajstić information content (AvgIpc) is 3.14. The third-order valence-electron chi connectivity index (χ3n) is 5.55. The van der Waals surface area contributed by atoms with Crippen LogP contribution in [0.4, 0.5) is 5.69 Å². The summed E-state index contributed by atoms with van der Waals surface area (Å²) in [5, 5.41) is 4.08. The molecule has 4 rings (SSSR count). The Morgan fingerprint density at radius 1 is 1.14 bits per heavy atom. The zero-order valence-corrected chi connectivity index (χ0v) is 22.0. The second-order valence-corrected chi connectivity index (χ2v) is 10.3. The fraction of sp³-hybridized carbons (Fsp3) is 0.296. The Kier molecular flexibility index (Phi) is 7.93. The second kappa shape index (κ2) is 11.1. The van der Waals surface area contributed by atoms with E-state index in [1.54, 1.807) is 15.9 Å². The molecular formula is C27H29N3O3S2. The number of rotatable bonds is 9. The van der Waals surface area contributed by atoms with E-state index in [0.717, 1.165) is 40.2 Å². The quantitative estimate of drug-likeness (QED) is 0.217. The van der Waals surface area contributed by atoms with Crippen molar-refractivity contribution < 1.29 is 9.53 Å². The third kappa shape index (κ3) is 5.60. The van der Waals surface area contributed by atoms with Crippen molar-refractivity contribution in [1.29, 1.82) is 0 Å². The molecule has 2 aromatic heterocycles.